The normalized spacial score (nSPS) is 12.4. The van der Waals surface area contributed by atoms with Crippen molar-refractivity contribution in [2.75, 3.05) is 6.61 Å². The molecule has 2 aromatic rings. The molecule has 0 spiro atoms. The summed E-state index contributed by atoms with van der Waals surface area (Å²) in [7, 11) is 0. The van der Waals surface area contributed by atoms with Crippen LogP contribution in [-0.2, 0) is 12.8 Å². The molecule has 0 amide bonds. The van der Waals surface area contributed by atoms with E-state index in [4.69, 9.17) is 0 Å². The molecular formula is C16H15Br2FO. The molecule has 0 bridgehead atoms. The van der Waals surface area contributed by atoms with Gasteiger partial charge in [-0.1, -0.05) is 34.1 Å². The van der Waals surface area contributed by atoms with E-state index in [2.05, 4.69) is 37.9 Å². The monoisotopic (exact) mass is 400 g/mol. The maximum atomic E-state index is 13.2. The second kappa shape index (κ2) is 7.34. The summed E-state index contributed by atoms with van der Waals surface area (Å²) in [5, 5.41) is 9.54. The molecule has 0 aliphatic carbocycles. The number of benzene rings is 2. The minimum Gasteiger partial charge on any atom is -0.396 e. The van der Waals surface area contributed by atoms with Gasteiger partial charge in [0.25, 0.3) is 0 Å². The minimum atomic E-state index is -0.263. The van der Waals surface area contributed by atoms with Crippen LogP contribution >= 0.6 is 31.9 Å². The van der Waals surface area contributed by atoms with Crippen LogP contribution in [-0.4, -0.2) is 11.7 Å². The zero-order chi connectivity index (χ0) is 14.5. The van der Waals surface area contributed by atoms with Crippen LogP contribution in [0.1, 0.15) is 11.1 Å². The van der Waals surface area contributed by atoms with Crippen LogP contribution in [0.4, 0.5) is 4.39 Å². The minimum absolute atomic E-state index is 0.113. The molecule has 2 aromatic carbocycles. The van der Waals surface area contributed by atoms with E-state index < -0.39 is 0 Å². The molecule has 1 N–H and O–H groups in total. The lowest BCUT2D eigenvalue weighted by molar-refractivity contribution is 0.225. The van der Waals surface area contributed by atoms with Crippen molar-refractivity contribution in [3.05, 3.63) is 68.4 Å². The van der Waals surface area contributed by atoms with Gasteiger partial charge in [-0.05, 0) is 70.1 Å². The van der Waals surface area contributed by atoms with Crippen molar-refractivity contribution < 1.29 is 9.50 Å². The number of aliphatic hydroxyl groups is 1. The van der Waals surface area contributed by atoms with Crippen LogP contribution in [0.3, 0.4) is 0 Å². The molecule has 1 nitrogen and oxygen atoms in total. The Morgan fingerprint density at radius 3 is 2.30 bits per heavy atom. The number of rotatable bonds is 5. The molecule has 0 saturated carbocycles. The smallest absolute Gasteiger partial charge is 0.137 e. The van der Waals surface area contributed by atoms with Crippen molar-refractivity contribution in [1.29, 1.82) is 0 Å². The van der Waals surface area contributed by atoms with E-state index in [0.29, 0.717) is 4.47 Å². The van der Waals surface area contributed by atoms with Crippen molar-refractivity contribution in [2.45, 2.75) is 12.8 Å². The van der Waals surface area contributed by atoms with Crippen molar-refractivity contribution in [2.24, 2.45) is 5.92 Å². The predicted molar refractivity (Wildman–Crippen MR) is 86.2 cm³/mol. The standard InChI is InChI=1S/C16H15Br2FO/c17-14-3-1-2-11(8-14)6-13(10-20)7-12-4-5-16(19)15(18)9-12/h1-5,8-9,13,20H,6-7,10H2. The van der Waals surface area contributed by atoms with Gasteiger partial charge in [0.1, 0.15) is 5.82 Å². The summed E-state index contributed by atoms with van der Waals surface area (Å²) in [6.45, 7) is 0.113. The Balaban J connectivity index is 2.07. The van der Waals surface area contributed by atoms with Crippen LogP contribution in [0.2, 0.25) is 0 Å². The molecule has 20 heavy (non-hydrogen) atoms. The van der Waals surface area contributed by atoms with Crippen molar-refractivity contribution in [3.63, 3.8) is 0 Å². The lowest BCUT2D eigenvalue weighted by Crippen LogP contribution is -2.13. The third kappa shape index (κ3) is 4.40. The Labute approximate surface area is 135 Å². The SMILES string of the molecule is OCC(Cc1cccc(Br)c1)Cc1ccc(F)c(Br)c1. The molecule has 0 heterocycles. The Morgan fingerprint density at radius 2 is 1.70 bits per heavy atom. The Bertz CT molecular complexity index is 586. The van der Waals surface area contributed by atoms with Gasteiger partial charge in [-0.2, -0.15) is 0 Å². The molecule has 106 valence electrons. The molecule has 1 atom stereocenters. The summed E-state index contributed by atoms with van der Waals surface area (Å²) >= 11 is 6.64. The molecule has 0 aliphatic rings. The first-order valence-corrected chi connectivity index (χ1v) is 7.96. The largest absolute Gasteiger partial charge is 0.396 e. The number of aliphatic hydroxyl groups excluding tert-OH is 1. The molecule has 0 saturated heterocycles. The lowest BCUT2D eigenvalue weighted by atomic mass is 9.93. The molecule has 1 unspecified atom stereocenters. The molecular weight excluding hydrogens is 387 g/mol. The second-order valence-electron chi connectivity index (χ2n) is 4.84. The van der Waals surface area contributed by atoms with Gasteiger partial charge < -0.3 is 5.11 Å². The van der Waals surface area contributed by atoms with Crippen LogP contribution in [0, 0.1) is 11.7 Å². The molecule has 4 heteroatoms. The van der Waals surface area contributed by atoms with Gasteiger partial charge in [-0.3, -0.25) is 0 Å². The van der Waals surface area contributed by atoms with Gasteiger partial charge in [0.2, 0.25) is 0 Å². The quantitative estimate of drug-likeness (QED) is 0.766. The fraction of sp³-hybridized carbons (Fsp3) is 0.250. The molecule has 0 radical (unpaired) electrons. The maximum absolute atomic E-state index is 13.2. The van der Waals surface area contributed by atoms with Crippen LogP contribution in [0.5, 0.6) is 0 Å². The third-order valence-electron chi connectivity index (χ3n) is 3.18. The van der Waals surface area contributed by atoms with E-state index in [1.807, 2.05) is 18.2 Å². The van der Waals surface area contributed by atoms with Gasteiger partial charge in [0.15, 0.2) is 0 Å². The average Bonchev–Trinajstić information content (AvgIpc) is 2.42. The third-order valence-corrected chi connectivity index (χ3v) is 4.28. The highest BCUT2D eigenvalue weighted by molar-refractivity contribution is 9.10. The predicted octanol–water partition coefficient (Wildman–Crippen LogP) is 4.74. The van der Waals surface area contributed by atoms with E-state index in [-0.39, 0.29) is 18.3 Å². The van der Waals surface area contributed by atoms with Gasteiger partial charge in [0.05, 0.1) is 4.47 Å². The second-order valence-corrected chi connectivity index (χ2v) is 6.61. The highest BCUT2D eigenvalue weighted by atomic mass is 79.9. The van der Waals surface area contributed by atoms with Gasteiger partial charge in [-0.15, -0.1) is 0 Å². The van der Waals surface area contributed by atoms with Crippen molar-refractivity contribution in [3.8, 4) is 0 Å². The highest BCUT2D eigenvalue weighted by Gasteiger charge is 2.11. The first kappa shape index (κ1) is 15.7. The summed E-state index contributed by atoms with van der Waals surface area (Å²) < 4.78 is 14.7. The zero-order valence-corrected chi connectivity index (χ0v) is 14.0. The maximum Gasteiger partial charge on any atom is 0.137 e. The van der Waals surface area contributed by atoms with Gasteiger partial charge in [0, 0.05) is 11.1 Å². The number of hydrogen-bond acceptors (Lipinski definition) is 1. The summed E-state index contributed by atoms with van der Waals surface area (Å²) in [5.41, 5.74) is 2.20. The summed E-state index contributed by atoms with van der Waals surface area (Å²) in [6, 6.07) is 13.1. The van der Waals surface area contributed by atoms with Crippen LogP contribution < -0.4 is 0 Å². The fourth-order valence-electron chi connectivity index (χ4n) is 2.20. The molecule has 0 aliphatic heterocycles. The Hall–Kier alpha value is -0.710. The van der Waals surface area contributed by atoms with E-state index in [0.717, 1.165) is 22.9 Å². The average molecular weight is 402 g/mol. The number of hydrogen-bond donors (Lipinski definition) is 1. The summed E-state index contributed by atoms with van der Waals surface area (Å²) in [4.78, 5) is 0. The highest BCUT2D eigenvalue weighted by Crippen LogP contribution is 2.21. The van der Waals surface area contributed by atoms with Crippen molar-refractivity contribution in [1.82, 2.24) is 0 Å². The molecule has 0 fully saturated rings. The van der Waals surface area contributed by atoms with Crippen LogP contribution in [0.15, 0.2) is 51.4 Å². The van der Waals surface area contributed by atoms with E-state index in [1.54, 1.807) is 12.1 Å². The Kier molecular flexibility index (Phi) is 5.75. The van der Waals surface area contributed by atoms with Gasteiger partial charge in [-0.25, -0.2) is 4.39 Å². The zero-order valence-electron chi connectivity index (χ0n) is 10.8. The Morgan fingerprint density at radius 1 is 1.00 bits per heavy atom. The summed E-state index contributed by atoms with van der Waals surface area (Å²) in [5.74, 6) is -0.136. The molecule has 2 rings (SSSR count). The fourth-order valence-corrected chi connectivity index (χ4v) is 3.07. The summed E-state index contributed by atoms with van der Waals surface area (Å²) in [6.07, 6.45) is 1.52. The van der Waals surface area contributed by atoms with E-state index >= 15 is 0 Å². The molecule has 0 aromatic heterocycles. The first-order valence-electron chi connectivity index (χ1n) is 6.37. The van der Waals surface area contributed by atoms with E-state index in [9.17, 15) is 9.50 Å². The topological polar surface area (TPSA) is 20.2 Å². The van der Waals surface area contributed by atoms with Gasteiger partial charge >= 0.3 is 0 Å². The van der Waals surface area contributed by atoms with E-state index in [1.165, 1.54) is 11.6 Å². The van der Waals surface area contributed by atoms with Crippen LogP contribution in [0.25, 0.3) is 0 Å². The lowest BCUT2D eigenvalue weighted by Gasteiger charge is -2.15. The van der Waals surface area contributed by atoms with Crippen molar-refractivity contribution >= 4 is 31.9 Å². The first-order chi connectivity index (χ1) is 9.58. The number of halogens is 3.